The molecule has 0 unspecified atom stereocenters. The number of rotatable bonds is 6. The average molecular weight is 346 g/mol. The molecule has 0 bridgehead atoms. The molecule has 3 N–H and O–H groups in total. The Labute approximate surface area is 151 Å². The summed E-state index contributed by atoms with van der Waals surface area (Å²) in [7, 11) is 0. The van der Waals surface area contributed by atoms with Gasteiger partial charge in [0.15, 0.2) is 11.5 Å². The molecule has 5 nitrogen and oxygen atoms in total. The van der Waals surface area contributed by atoms with Gasteiger partial charge >= 0.3 is 0 Å². The van der Waals surface area contributed by atoms with Crippen molar-refractivity contribution >= 4 is 12.0 Å². The molecule has 2 rings (SSSR count). The van der Waals surface area contributed by atoms with E-state index in [1.54, 1.807) is 30.4 Å². The summed E-state index contributed by atoms with van der Waals surface area (Å²) in [5, 5.41) is 30.5. The van der Waals surface area contributed by atoms with Crippen LogP contribution < -0.4 is 5.32 Å². The highest BCUT2D eigenvalue weighted by atomic mass is 16.3. The highest BCUT2D eigenvalue weighted by Crippen LogP contribution is 2.25. The molecule has 26 heavy (non-hydrogen) atoms. The van der Waals surface area contributed by atoms with Crippen LogP contribution in [0.15, 0.2) is 78.4 Å². The van der Waals surface area contributed by atoms with Crippen molar-refractivity contribution in [2.45, 2.75) is 6.54 Å². The molecule has 0 saturated heterocycles. The summed E-state index contributed by atoms with van der Waals surface area (Å²) in [4.78, 5) is 12.0. The molecule has 0 heterocycles. The fraction of sp³-hybridized carbons (Fsp3) is 0.0476. The second kappa shape index (κ2) is 9.50. The van der Waals surface area contributed by atoms with Crippen molar-refractivity contribution in [1.82, 2.24) is 5.32 Å². The van der Waals surface area contributed by atoms with Crippen LogP contribution in [0.5, 0.6) is 11.5 Å². The molecule has 2 aromatic carbocycles. The molecule has 0 spiro atoms. The van der Waals surface area contributed by atoms with Gasteiger partial charge in [0.05, 0.1) is 0 Å². The number of aromatic hydroxyl groups is 2. The van der Waals surface area contributed by atoms with Crippen LogP contribution in [-0.2, 0) is 11.3 Å². The van der Waals surface area contributed by atoms with E-state index in [1.165, 1.54) is 18.2 Å². The fourth-order valence-corrected chi connectivity index (χ4v) is 2.06. The quantitative estimate of drug-likeness (QED) is 0.323. The van der Waals surface area contributed by atoms with E-state index in [0.29, 0.717) is 12.1 Å². The molecular formula is C21H18N2O3. The smallest absolute Gasteiger partial charge is 0.262 e. The van der Waals surface area contributed by atoms with E-state index in [-0.39, 0.29) is 17.1 Å². The summed E-state index contributed by atoms with van der Waals surface area (Å²) in [5.41, 5.74) is 1.66. The predicted octanol–water partition coefficient (Wildman–Crippen LogP) is 3.43. The number of nitrogens with zero attached hydrogens (tertiary/aromatic N) is 1. The molecule has 0 aromatic heterocycles. The van der Waals surface area contributed by atoms with E-state index >= 15 is 0 Å². The highest BCUT2D eigenvalue weighted by molar-refractivity contribution is 5.97. The Bertz CT molecular complexity index is 891. The Morgan fingerprint density at radius 2 is 1.81 bits per heavy atom. The SMILES string of the molecule is N#C\C(=C/C=C/C=C/c1ccc(O)c(O)c1)C(=O)NCc1ccccc1. The van der Waals surface area contributed by atoms with Crippen molar-refractivity contribution in [2.24, 2.45) is 0 Å². The van der Waals surface area contributed by atoms with Gasteiger partial charge in [-0.25, -0.2) is 0 Å². The molecule has 130 valence electrons. The molecule has 0 aliphatic carbocycles. The summed E-state index contributed by atoms with van der Waals surface area (Å²) in [6.45, 7) is 0.354. The number of hydrogen-bond acceptors (Lipinski definition) is 4. The molecule has 0 aliphatic heterocycles. The topological polar surface area (TPSA) is 93.3 Å². The number of nitriles is 1. The standard InChI is InChI=1S/C21H18N2O3/c22-14-18(21(26)23-15-17-8-4-1-5-9-17)10-6-2-3-7-16-11-12-19(24)20(25)13-16/h1-13,24-25H,15H2,(H,23,26)/b6-2+,7-3+,18-10+. The van der Waals surface area contributed by atoms with Crippen molar-refractivity contribution in [2.75, 3.05) is 0 Å². The van der Waals surface area contributed by atoms with Gasteiger partial charge in [0.1, 0.15) is 11.6 Å². The molecule has 5 heteroatoms. The number of allylic oxidation sites excluding steroid dienone is 4. The molecular weight excluding hydrogens is 328 g/mol. The number of phenolic OH excluding ortho intramolecular Hbond substituents is 2. The van der Waals surface area contributed by atoms with Gasteiger partial charge in [0, 0.05) is 6.54 Å². The lowest BCUT2D eigenvalue weighted by Crippen LogP contribution is -2.23. The van der Waals surface area contributed by atoms with Crippen LogP contribution in [-0.4, -0.2) is 16.1 Å². The van der Waals surface area contributed by atoms with E-state index in [2.05, 4.69) is 5.32 Å². The number of phenols is 2. The van der Waals surface area contributed by atoms with Crippen LogP contribution in [0, 0.1) is 11.3 Å². The third kappa shape index (κ3) is 5.69. The second-order valence-electron chi connectivity index (χ2n) is 5.35. The summed E-state index contributed by atoms with van der Waals surface area (Å²) in [6, 6.07) is 15.8. The monoisotopic (exact) mass is 346 g/mol. The van der Waals surface area contributed by atoms with Crippen molar-refractivity contribution < 1.29 is 15.0 Å². The number of carbonyl (C=O) groups excluding carboxylic acids is 1. The summed E-state index contributed by atoms with van der Waals surface area (Å²) < 4.78 is 0. The zero-order valence-electron chi connectivity index (χ0n) is 14.0. The Morgan fingerprint density at radius 3 is 2.50 bits per heavy atom. The van der Waals surface area contributed by atoms with Crippen LogP contribution in [0.1, 0.15) is 11.1 Å². The second-order valence-corrected chi connectivity index (χ2v) is 5.35. The molecule has 0 fully saturated rings. The predicted molar refractivity (Wildman–Crippen MR) is 99.9 cm³/mol. The van der Waals surface area contributed by atoms with Crippen LogP contribution in [0.3, 0.4) is 0 Å². The van der Waals surface area contributed by atoms with Gasteiger partial charge in [0.25, 0.3) is 5.91 Å². The lowest BCUT2D eigenvalue weighted by molar-refractivity contribution is -0.117. The summed E-state index contributed by atoms with van der Waals surface area (Å²) in [6.07, 6.45) is 8.08. The molecule has 1 amide bonds. The van der Waals surface area contributed by atoms with Gasteiger partial charge in [-0.05, 0) is 29.3 Å². The molecule has 0 saturated carbocycles. The van der Waals surface area contributed by atoms with E-state index in [4.69, 9.17) is 5.26 Å². The summed E-state index contributed by atoms with van der Waals surface area (Å²) >= 11 is 0. The maximum absolute atomic E-state index is 12.0. The molecule has 0 aliphatic rings. The molecule has 0 radical (unpaired) electrons. The average Bonchev–Trinajstić information content (AvgIpc) is 2.66. The summed E-state index contributed by atoms with van der Waals surface area (Å²) in [5.74, 6) is -0.813. The first kappa shape index (κ1) is 18.6. The normalized spacial score (nSPS) is 11.6. The van der Waals surface area contributed by atoms with E-state index in [9.17, 15) is 15.0 Å². The Kier molecular flexibility index (Phi) is 6.78. The first-order valence-electron chi connectivity index (χ1n) is 7.89. The zero-order chi connectivity index (χ0) is 18.8. The minimum Gasteiger partial charge on any atom is -0.504 e. The van der Waals surface area contributed by atoms with Gasteiger partial charge in [0.2, 0.25) is 0 Å². The minimum absolute atomic E-state index is 0.00728. The van der Waals surface area contributed by atoms with Gasteiger partial charge in [-0.1, -0.05) is 60.7 Å². The Hall–Kier alpha value is -3.78. The lowest BCUT2D eigenvalue weighted by atomic mass is 10.2. The highest BCUT2D eigenvalue weighted by Gasteiger charge is 2.06. The van der Waals surface area contributed by atoms with Crippen molar-refractivity contribution in [3.05, 3.63) is 89.5 Å². The van der Waals surface area contributed by atoms with E-state index < -0.39 is 5.91 Å². The van der Waals surface area contributed by atoms with Crippen LogP contribution in [0.25, 0.3) is 6.08 Å². The van der Waals surface area contributed by atoms with Gasteiger partial charge in [-0.2, -0.15) is 5.26 Å². The fourth-order valence-electron chi connectivity index (χ4n) is 2.06. The first-order chi connectivity index (χ1) is 12.6. The molecule has 0 atom stereocenters. The van der Waals surface area contributed by atoms with Crippen LogP contribution >= 0.6 is 0 Å². The first-order valence-corrected chi connectivity index (χ1v) is 7.89. The minimum atomic E-state index is -0.437. The van der Waals surface area contributed by atoms with E-state index in [1.807, 2.05) is 36.4 Å². The zero-order valence-corrected chi connectivity index (χ0v) is 14.0. The number of amides is 1. The lowest BCUT2D eigenvalue weighted by Gasteiger charge is -2.03. The third-order valence-electron chi connectivity index (χ3n) is 3.43. The number of benzene rings is 2. The van der Waals surface area contributed by atoms with Gasteiger partial charge in [-0.3, -0.25) is 4.79 Å². The van der Waals surface area contributed by atoms with Crippen molar-refractivity contribution in [3.8, 4) is 17.6 Å². The van der Waals surface area contributed by atoms with Crippen LogP contribution in [0.2, 0.25) is 0 Å². The number of nitrogens with one attached hydrogen (secondary N) is 1. The van der Waals surface area contributed by atoms with E-state index in [0.717, 1.165) is 5.56 Å². The van der Waals surface area contributed by atoms with Crippen molar-refractivity contribution in [1.29, 1.82) is 5.26 Å². The van der Waals surface area contributed by atoms with Gasteiger partial charge < -0.3 is 15.5 Å². The number of hydrogen-bond donors (Lipinski definition) is 3. The largest absolute Gasteiger partial charge is 0.504 e. The van der Waals surface area contributed by atoms with Crippen LogP contribution in [0.4, 0.5) is 0 Å². The number of carbonyl (C=O) groups is 1. The van der Waals surface area contributed by atoms with Crippen molar-refractivity contribution in [3.63, 3.8) is 0 Å². The third-order valence-corrected chi connectivity index (χ3v) is 3.43. The Balaban J connectivity index is 1.92. The maximum Gasteiger partial charge on any atom is 0.262 e. The molecule has 2 aromatic rings. The van der Waals surface area contributed by atoms with Gasteiger partial charge in [-0.15, -0.1) is 0 Å². The Morgan fingerprint density at radius 1 is 1.04 bits per heavy atom. The maximum atomic E-state index is 12.0.